The smallest absolute Gasteiger partial charge is 0.333 e. The molecule has 0 saturated heterocycles. The number of ether oxygens (including phenoxy) is 1. The summed E-state index contributed by atoms with van der Waals surface area (Å²) in [7, 11) is 1.28. The van der Waals surface area contributed by atoms with Crippen LogP contribution in [0, 0.1) is 12.7 Å². The zero-order valence-corrected chi connectivity index (χ0v) is 16.9. The molecule has 2 aromatic rings. The molecule has 1 N–H and O–H groups in total. The Kier molecular flexibility index (Phi) is 6.66. The van der Waals surface area contributed by atoms with E-state index in [1.54, 1.807) is 19.9 Å². The van der Waals surface area contributed by atoms with Gasteiger partial charge < -0.3 is 9.84 Å². The van der Waals surface area contributed by atoms with Crippen molar-refractivity contribution >= 4 is 23.6 Å². The van der Waals surface area contributed by atoms with Crippen molar-refractivity contribution < 1.29 is 19.0 Å². The van der Waals surface area contributed by atoms with E-state index in [1.807, 2.05) is 26.0 Å². The molecule has 0 aliphatic rings. The van der Waals surface area contributed by atoms with Gasteiger partial charge in [-0.1, -0.05) is 37.6 Å². The molecule has 0 heterocycles. The van der Waals surface area contributed by atoms with Crippen LogP contribution in [0.3, 0.4) is 0 Å². The summed E-state index contributed by atoms with van der Waals surface area (Å²) in [5.74, 6) is -0.508. The summed E-state index contributed by atoms with van der Waals surface area (Å²) < 4.78 is 19.5. The minimum Gasteiger partial charge on any atom is -0.508 e. The maximum absolute atomic E-state index is 14.8. The van der Waals surface area contributed by atoms with Crippen LogP contribution in [-0.4, -0.2) is 18.2 Å². The summed E-state index contributed by atoms with van der Waals surface area (Å²) in [6.07, 6.45) is 1.88. The summed E-state index contributed by atoms with van der Waals surface area (Å²) in [5, 5.41) is 10.4. The lowest BCUT2D eigenvalue weighted by atomic mass is 9.94. The highest BCUT2D eigenvalue weighted by Crippen LogP contribution is 2.32. The molecule has 0 aliphatic carbocycles. The number of phenolic OH excluding ortho intramolecular Hbond substituents is 1. The van der Waals surface area contributed by atoms with Gasteiger partial charge in [0.25, 0.3) is 0 Å². The first-order chi connectivity index (χ1) is 12.6. The van der Waals surface area contributed by atoms with E-state index < -0.39 is 11.8 Å². The van der Waals surface area contributed by atoms with Crippen LogP contribution in [0.25, 0.3) is 6.08 Å². The minimum atomic E-state index is -0.516. The number of halogens is 2. The van der Waals surface area contributed by atoms with Crippen LogP contribution in [0.15, 0.2) is 29.8 Å². The molecule has 3 nitrogen and oxygen atoms in total. The van der Waals surface area contributed by atoms with E-state index in [0.29, 0.717) is 28.1 Å². The zero-order valence-electron chi connectivity index (χ0n) is 16.2. The molecule has 27 heavy (non-hydrogen) atoms. The third kappa shape index (κ3) is 4.69. The van der Waals surface area contributed by atoms with Crippen molar-refractivity contribution in [1.29, 1.82) is 0 Å². The molecule has 0 radical (unpaired) electrons. The van der Waals surface area contributed by atoms with Gasteiger partial charge in [-0.15, -0.1) is 0 Å². The third-order valence-corrected chi connectivity index (χ3v) is 4.92. The Morgan fingerprint density at radius 1 is 1.33 bits per heavy atom. The molecule has 0 aliphatic heterocycles. The SMILES string of the molecule is COC(=O)/C(C)=C/c1cc(Cl)c(Cc2ccc(O)c(C(C)C)c2)c(C)c1F. The van der Waals surface area contributed by atoms with Crippen molar-refractivity contribution in [2.75, 3.05) is 7.11 Å². The number of aromatic hydroxyl groups is 1. The highest BCUT2D eigenvalue weighted by atomic mass is 35.5. The lowest BCUT2D eigenvalue weighted by molar-refractivity contribution is -0.135. The summed E-state index contributed by atoms with van der Waals surface area (Å²) in [4.78, 5) is 11.6. The topological polar surface area (TPSA) is 46.5 Å². The quantitative estimate of drug-likeness (QED) is 0.519. The predicted molar refractivity (Wildman–Crippen MR) is 107 cm³/mol. The van der Waals surface area contributed by atoms with Crippen LogP contribution < -0.4 is 0 Å². The molecular weight excluding hydrogens is 367 g/mol. The Hall–Kier alpha value is -2.33. The Morgan fingerprint density at radius 3 is 2.59 bits per heavy atom. The first-order valence-electron chi connectivity index (χ1n) is 8.71. The summed E-state index contributed by atoms with van der Waals surface area (Å²) in [6, 6.07) is 6.91. The highest BCUT2D eigenvalue weighted by molar-refractivity contribution is 6.31. The van der Waals surface area contributed by atoms with Crippen LogP contribution >= 0.6 is 11.6 Å². The van der Waals surface area contributed by atoms with Gasteiger partial charge in [-0.3, -0.25) is 0 Å². The van der Waals surface area contributed by atoms with Gasteiger partial charge in [0.05, 0.1) is 7.11 Å². The van der Waals surface area contributed by atoms with Crippen LogP contribution in [0.4, 0.5) is 4.39 Å². The van der Waals surface area contributed by atoms with Gasteiger partial charge in [-0.05, 0) is 66.6 Å². The molecule has 144 valence electrons. The van der Waals surface area contributed by atoms with Gasteiger partial charge in [0.2, 0.25) is 0 Å². The van der Waals surface area contributed by atoms with E-state index in [2.05, 4.69) is 4.74 Å². The van der Waals surface area contributed by atoms with E-state index in [4.69, 9.17) is 11.6 Å². The summed E-state index contributed by atoms with van der Waals surface area (Å²) in [6.45, 7) is 7.24. The molecule has 0 amide bonds. The minimum absolute atomic E-state index is 0.173. The van der Waals surface area contributed by atoms with Crippen LogP contribution in [-0.2, 0) is 16.0 Å². The van der Waals surface area contributed by atoms with Crippen LogP contribution in [0.2, 0.25) is 5.02 Å². The number of methoxy groups -OCH3 is 1. The van der Waals surface area contributed by atoms with Gasteiger partial charge in [0.15, 0.2) is 0 Å². The Labute approximate surface area is 164 Å². The van der Waals surface area contributed by atoms with Gasteiger partial charge in [-0.2, -0.15) is 0 Å². The largest absolute Gasteiger partial charge is 0.508 e. The fraction of sp³-hybridized carbons (Fsp3) is 0.318. The Bertz CT molecular complexity index is 901. The molecular formula is C22H24ClFO3. The lowest BCUT2D eigenvalue weighted by Gasteiger charge is -2.15. The fourth-order valence-corrected chi connectivity index (χ4v) is 3.30. The number of hydrogen-bond donors (Lipinski definition) is 1. The zero-order chi connectivity index (χ0) is 20.3. The first-order valence-corrected chi connectivity index (χ1v) is 9.09. The van der Waals surface area contributed by atoms with Crippen molar-refractivity contribution in [1.82, 2.24) is 0 Å². The second-order valence-corrected chi connectivity index (χ2v) is 7.32. The molecule has 0 unspecified atom stereocenters. The van der Waals surface area contributed by atoms with Crippen LogP contribution in [0.5, 0.6) is 5.75 Å². The van der Waals surface area contributed by atoms with Crippen molar-refractivity contribution in [3.63, 3.8) is 0 Å². The van der Waals surface area contributed by atoms with Crippen molar-refractivity contribution in [2.45, 2.75) is 40.0 Å². The molecule has 0 atom stereocenters. The van der Waals surface area contributed by atoms with Gasteiger partial charge >= 0.3 is 5.97 Å². The molecule has 0 spiro atoms. The second kappa shape index (κ2) is 8.57. The molecule has 2 rings (SSSR count). The van der Waals surface area contributed by atoms with Crippen LogP contribution in [0.1, 0.15) is 54.5 Å². The average molecular weight is 391 g/mol. The maximum atomic E-state index is 14.8. The molecule has 0 bridgehead atoms. The molecule has 2 aromatic carbocycles. The van der Waals surface area contributed by atoms with E-state index in [1.165, 1.54) is 19.3 Å². The van der Waals surface area contributed by atoms with E-state index in [0.717, 1.165) is 11.1 Å². The van der Waals surface area contributed by atoms with Gasteiger partial charge in [0, 0.05) is 16.2 Å². The number of phenols is 1. The number of benzene rings is 2. The van der Waals surface area contributed by atoms with Crippen molar-refractivity contribution in [3.8, 4) is 5.75 Å². The Morgan fingerprint density at radius 2 is 2.00 bits per heavy atom. The maximum Gasteiger partial charge on any atom is 0.333 e. The van der Waals surface area contributed by atoms with E-state index in [-0.39, 0.29) is 17.2 Å². The monoisotopic (exact) mass is 390 g/mol. The van der Waals surface area contributed by atoms with E-state index >= 15 is 0 Å². The van der Waals surface area contributed by atoms with Crippen molar-refractivity contribution in [2.24, 2.45) is 0 Å². The number of esters is 1. The van der Waals surface area contributed by atoms with Crippen molar-refractivity contribution in [3.05, 3.63) is 68.5 Å². The predicted octanol–water partition coefficient (Wildman–Crippen LogP) is 5.78. The first kappa shape index (κ1) is 21.0. The summed E-state index contributed by atoms with van der Waals surface area (Å²) >= 11 is 6.43. The molecule has 5 heteroatoms. The average Bonchev–Trinajstić information content (AvgIpc) is 2.63. The van der Waals surface area contributed by atoms with Gasteiger partial charge in [0.1, 0.15) is 11.6 Å². The Balaban J connectivity index is 2.44. The molecule has 0 aromatic heterocycles. The second-order valence-electron chi connectivity index (χ2n) is 6.91. The van der Waals surface area contributed by atoms with Gasteiger partial charge in [-0.25, -0.2) is 9.18 Å². The normalized spacial score (nSPS) is 11.8. The fourth-order valence-electron chi connectivity index (χ4n) is 2.97. The number of carbonyl (C=O) groups excluding carboxylic acids is 1. The molecule has 0 saturated carbocycles. The summed E-state index contributed by atoms with van der Waals surface area (Å²) in [5.41, 5.74) is 3.44. The number of carbonyl (C=O) groups is 1. The standard InChI is InChI=1S/C22H24ClFO3/c1-12(2)17-9-15(6-7-20(17)25)10-18-14(4)21(24)16(11-19(18)23)8-13(3)22(26)27-5/h6-9,11-12,25H,10H2,1-5H3/b13-8+. The number of hydrogen-bond acceptors (Lipinski definition) is 3. The highest BCUT2D eigenvalue weighted by Gasteiger charge is 2.16. The third-order valence-electron chi connectivity index (χ3n) is 4.58. The number of rotatable bonds is 5. The lowest BCUT2D eigenvalue weighted by Crippen LogP contribution is -2.03. The van der Waals surface area contributed by atoms with E-state index in [9.17, 15) is 14.3 Å². The molecule has 0 fully saturated rings.